The van der Waals surface area contributed by atoms with Crippen molar-refractivity contribution in [2.45, 2.75) is 32.6 Å². The third kappa shape index (κ3) is 6.02. The summed E-state index contributed by atoms with van der Waals surface area (Å²) in [6, 6.07) is 4.63. The Kier molecular flexibility index (Phi) is 7.56. The van der Waals surface area contributed by atoms with Gasteiger partial charge in [-0.1, -0.05) is 19.9 Å². The Morgan fingerprint density at radius 3 is 2.29 bits per heavy atom. The number of aryl methyl sites for hydroxylation is 2. The van der Waals surface area contributed by atoms with Gasteiger partial charge in [0.15, 0.2) is 0 Å². The largest absolute Gasteiger partial charge is 0.338 e. The van der Waals surface area contributed by atoms with Crippen LogP contribution in [0, 0.1) is 19.8 Å². The molecule has 1 fully saturated rings. The molecule has 1 aliphatic rings. The first kappa shape index (κ1) is 22.3. The van der Waals surface area contributed by atoms with Crippen LogP contribution in [0.15, 0.2) is 23.1 Å². The van der Waals surface area contributed by atoms with Gasteiger partial charge in [-0.3, -0.25) is 15.0 Å². The molecular formula is C19H30N4O4S. The van der Waals surface area contributed by atoms with E-state index < -0.39 is 22.0 Å². The Morgan fingerprint density at radius 1 is 1.07 bits per heavy atom. The summed E-state index contributed by atoms with van der Waals surface area (Å²) in [6.07, 6.45) is 0. The molecule has 28 heavy (non-hydrogen) atoms. The molecule has 2 rings (SSSR count). The Balaban J connectivity index is 1.85. The van der Waals surface area contributed by atoms with Gasteiger partial charge in [-0.15, -0.1) is 0 Å². The minimum Gasteiger partial charge on any atom is -0.338 e. The number of carbonyl (C=O) groups is 2. The normalized spacial score (nSPS) is 16.2. The highest BCUT2D eigenvalue weighted by atomic mass is 32.2. The highest BCUT2D eigenvalue weighted by molar-refractivity contribution is 7.89. The van der Waals surface area contributed by atoms with E-state index in [4.69, 9.17) is 0 Å². The van der Waals surface area contributed by atoms with E-state index in [0.717, 1.165) is 11.1 Å². The van der Waals surface area contributed by atoms with E-state index >= 15 is 0 Å². The molecule has 0 spiro atoms. The van der Waals surface area contributed by atoms with Crippen LogP contribution in [0.5, 0.6) is 0 Å². The molecule has 2 N–H and O–H groups in total. The van der Waals surface area contributed by atoms with Crippen molar-refractivity contribution in [3.05, 3.63) is 29.3 Å². The Bertz CT molecular complexity index is 815. The minimum atomic E-state index is -3.55. The summed E-state index contributed by atoms with van der Waals surface area (Å²) in [6.45, 7) is 9.81. The lowest BCUT2D eigenvalue weighted by Crippen LogP contribution is -2.52. The molecule has 1 aliphatic heterocycles. The number of amides is 3. The van der Waals surface area contributed by atoms with Crippen molar-refractivity contribution in [3.8, 4) is 0 Å². The number of urea groups is 1. The zero-order valence-electron chi connectivity index (χ0n) is 17.0. The Morgan fingerprint density at radius 2 is 1.71 bits per heavy atom. The maximum absolute atomic E-state index is 12.8. The van der Waals surface area contributed by atoms with Crippen molar-refractivity contribution in [2.24, 2.45) is 5.92 Å². The van der Waals surface area contributed by atoms with Crippen LogP contribution in [0.2, 0.25) is 0 Å². The summed E-state index contributed by atoms with van der Waals surface area (Å²) in [5, 5.41) is 4.93. The number of imide groups is 1. The van der Waals surface area contributed by atoms with E-state index in [1.807, 2.05) is 38.7 Å². The zero-order valence-corrected chi connectivity index (χ0v) is 17.8. The van der Waals surface area contributed by atoms with Gasteiger partial charge in [-0.05, 0) is 43.0 Å². The molecule has 8 nitrogen and oxygen atoms in total. The maximum Gasteiger partial charge on any atom is 0.321 e. The SMILES string of the molecule is Cc1ccc(S(=O)(=O)N2CCN(CC(=O)NC(=O)NCC(C)C)CC2)cc1C. The van der Waals surface area contributed by atoms with Crippen molar-refractivity contribution < 1.29 is 18.0 Å². The number of hydrogen-bond donors (Lipinski definition) is 2. The fourth-order valence-electron chi connectivity index (χ4n) is 2.86. The topological polar surface area (TPSA) is 98.8 Å². The molecule has 1 aromatic rings. The van der Waals surface area contributed by atoms with Crippen LogP contribution in [0.4, 0.5) is 4.79 Å². The molecule has 0 aliphatic carbocycles. The van der Waals surface area contributed by atoms with Gasteiger partial charge in [0.05, 0.1) is 11.4 Å². The van der Waals surface area contributed by atoms with Crippen LogP contribution in [0.25, 0.3) is 0 Å². The highest BCUT2D eigenvalue weighted by Gasteiger charge is 2.29. The Labute approximate surface area is 167 Å². The lowest BCUT2D eigenvalue weighted by Gasteiger charge is -2.33. The number of benzene rings is 1. The van der Waals surface area contributed by atoms with Crippen LogP contribution >= 0.6 is 0 Å². The molecule has 3 amide bonds. The predicted octanol–water partition coefficient (Wildman–Crippen LogP) is 1.09. The van der Waals surface area contributed by atoms with Crippen LogP contribution in [0.3, 0.4) is 0 Å². The number of nitrogens with one attached hydrogen (secondary N) is 2. The average Bonchev–Trinajstić information content (AvgIpc) is 2.62. The van der Waals surface area contributed by atoms with Gasteiger partial charge in [-0.25, -0.2) is 13.2 Å². The first-order valence-corrected chi connectivity index (χ1v) is 10.9. The molecule has 1 aromatic carbocycles. The summed E-state index contributed by atoms with van der Waals surface area (Å²) in [5.74, 6) is -0.0973. The van der Waals surface area contributed by atoms with Gasteiger partial charge in [0, 0.05) is 32.7 Å². The first-order chi connectivity index (χ1) is 13.1. The van der Waals surface area contributed by atoms with Gasteiger partial charge in [0.2, 0.25) is 15.9 Å². The van der Waals surface area contributed by atoms with Gasteiger partial charge < -0.3 is 5.32 Å². The molecule has 1 heterocycles. The second-order valence-corrected chi connectivity index (χ2v) is 9.52. The molecular weight excluding hydrogens is 380 g/mol. The number of nitrogens with zero attached hydrogens (tertiary/aromatic N) is 2. The van der Waals surface area contributed by atoms with Gasteiger partial charge >= 0.3 is 6.03 Å². The quantitative estimate of drug-likeness (QED) is 0.732. The molecule has 1 saturated heterocycles. The molecule has 0 bridgehead atoms. The van der Waals surface area contributed by atoms with Crippen molar-refractivity contribution in [3.63, 3.8) is 0 Å². The minimum absolute atomic E-state index is 0.0621. The predicted molar refractivity (Wildman–Crippen MR) is 107 cm³/mol. The van der Waals surface area contributed by atoms with E-state index in [1.165, 1.54) is 4.31 Å². The fourth-order valence-corrected chi connectivity index (χ4v) is 4.37. The monoisotopic (exact) mass is 410 g/mol. The Hall–Kier alpha value is -1.97. The molecule has 0 atom stereocenters. The molecule has 156 valence electrons. The summed E-state index contributed by atoms with van der Waals surface area (Å²) >= 11 is 0. The lowest BCUT2D eigenvalue weighted by molar-refractivity contribution is -0.121. The second kappa shape index (κ2) is 9.49. The summed E-state index contributed by atoms with van der Waals surface area (Å²) in [7, 11) is -3.55. The smallest absolute Gasteiger partial charge is 0.321 e. The molecule has 0 saturated carbocycles. The highest BCUT2D eigenvalue weighted by Crippen LogP contribution is 2.20. The fraction of sp³-hybridized carbons (Fsp3) is 0.579. The molecule has 0 unspecified atom stereocenters. The lowest BCUT2D eigenvalue weighted by atomic mass is 10.1. The maximum atomic E-state index is 12.8. The van der Waals surface area contributed by atoms with Gasteiger partial charge in [0.1, 0.15) is 0 Å². The standard InChI is InChI=1S/C19H30N4O4S/c1-14(2)12-20-19(25)21-18(24)13-22-7-9-23(10-8-22)28(26,27)17-6-5-15(3)16(4)11-17/h5-6,11,14H,7-10,12-13H2,1-4H3,(H2,20,21,24,25). The number of hydrogen-bond acceptors (Lipinski definition) is 5. The number of piperazine rings is 1. The summed E-state index contributed by atoms with van der Waals surface area (Å²) in [4.78, 5) is 25.8. The molecule has 0 radical (unpaired) electrons. The van der Waals surface area contributed by atoms with Crippen molar-refractivity contribution in [1.82, 2.24) is 19.8 Å². The summed E-state index contributed by atoms with van der Waals surface area (Å²) in [5.41, 5.74) is 1.99. The number of carbonyl (C=O) groups excluding carboxylic acids is 2. The van der Waals surface area contributed by atoms with Crippen LogP contribution < -0.4 is 10.6 Å². The zero-order chi connectivity index (χ0) is 20.9. The van der Waals surface area contributed by atoms with E-state index in [-0.39, 0.29) is 6.54 Å². The summed E-state index contributed by atoms with van der Waals surface area (Å²) < 4.78 is 27.1. The third-order valence-corrected chi connectivity index (χ3v) is 6.63. The molecule has 0 aromatic heterocycles. The van der Waals surface area contributed by atoms with Gasteiger partial charge in [0.25, 0.3) is 0 Å². The van der Waals surface area contributed by atoms with Gasteiger partial charge in [-0.2, -0.15) is 4.31 Å². The number of rotatable bonds is 6. The number of sulfonamides is 1. The second-order valence-electron chi connectivity index (χ2n) is 7.58. The van der Waals surface area contributed by atoms with Crippen molar-refractivity contribution in [1.29, 1.82) is 0 Å². The van der Waals surface area contributed by atoms with Crippen molar-refractivity contribution in [2.75, 3.05) is 39.3 Å². The van der Waals surface area contributed by atoms with Crippen LogP contribution in [-0.2, 0) is 14.8 Å². The van der Waals surface area contributed by atoms with E-state index in [9.17, 15) is 18.0 Å². The van der Waals surface area contributed by atoms with Crippen LogP contribution in [0.1, 0.15) is 25.0 Å². The molecule has 9 heteroatoms. The van der Waals surface area contributed by atoms with Crippen LogP contribution in [-0.4, -0.2) is 68.8 Å². The van der Waals surface area contributed by atoms with E-state index in [0.29, 0.717) is 43.5 Å². The van der Waals surface area contributed by atoms with E-state index in [1.54, 1.807) is 12.1 Å². The third-order valence-electron chi connectivity index (χ3n) is 4.74. The van der Waals surface area contributed by atoms with Crippen molar-refractivity contribution >= 4 is 22.0 Å². The average molecular weight is 411 g/mol. The van der Waals surface area contributed by atoms with E-state index in [2.05, 4.69) is 10.6 Å². The first-order valence-electron chi connectivity index (χ1n) is 9.47.